The van der Waals surface area contributed by atoms with Crippen LogP contribution in [0.25, 0.3) is 0 Å². The Bertz CT molecular complexity index is 656. The van der Waals surface area contributed by atoms with Crippen molar-refractivity contribution in [3.8, 4) is 0 Å². The molecule has 0 aromatic heterocycles. The molecule has 0 aliphatic rings. The van der Waals surface area contributed by atoms with Crippen LogP contribution in [0.4, 0.5) is 105 Å². The quantitative estimate of drug-likeness (QED) is 0.194. The topological polar surface area (TPSA) is 0 Å². The van der Waals surface area contributed by atoms with Crippen LogP contribution in [0.1, 0.15) is 0 Å². The molecule has 0 fully saturated rings. The first kappa shape index (κ1) is 35.4. The van der Waals surface area contributed by atoms with Gasteiger partial charge < -0.3 is 0 Å². The van der Waals surface area contributed by atoms with Crippen molar-refractivity contribution in [1.82, 2.24) is 0 Å². The normalized spacial score (nSPS) is 23.0. The number of halogens is 24. The summed E-state index contributed by atoms with van der Waals surface area (Å²) in [6, 6.07) is 0. The van der Waals surface area contributed by atoms with E-state index in [-0.39, 0.29) is 0 Å². The zero-order valence-corrected chi connectivity index (χ0v) is 16.0. The molecule has 0 saturated carbocycles. The Morgan fingerprint density at radius 1 is 0.270 bits per heavy atom. The molecule has 37 heavy (non-hydrogen) atoms. The minimum atomic E-state index is -11.4. The molecule has 0 rings (SSSR count). The van der Waals surface area contributed by atoms with E-state index in [0.717, 1.165) is 0 Å². The molecule has 25 heteroatoms. The summed E-state index contributed by atoms with van der Waals surface area (Å²) in [5.74, 6) is 0. The van der Waals surface area contributed by atoms with Crippen LogP contribution in [0.15, 0.2) is 0 Å². The monoisotopic (exact) mass is 615 g/mol. The van der Waals surface area contributed by atoms with Gasteiger partial charge in [0, 0.05) is 0 Å². The molecule has 4 atom stereocenters. The molecule has 0 heterocycles. The molecule has 0 saturated heterocycles. The van der Waals surface area contributed by atoms with Crippen molar-refractivity contribution in [2.45, 2.75) is 72.7 Å². The molecule has 0 amide bonds. The molecule has 0 nitrogen and oxygen atoms in total. The summed E-state index contributed by atoms with van der Waals surface area (Å²) < 4.78 is 324. The van der Waals surface area contributed by atoms with Crippen LogP contribution in [0, 0.1) is 0 Å². The standard InChI is InChI=1S/C12H4BF24/c14-1(15)5(22,9(26,27)28)13(6(23,2(16)17)10(29,30)31,7(24,3(18)19)11(32,33)34)8(25,4(20)21)12(35,36)37/h1-4H/q-1. The second kappa shape index (κ2) is 9.24. The summed E-state index contributed by atoms with van der Waals surface area (Å²) in [6.07, 6.45) is -77.4. The summed E-state index contributed by atoms with van der Waals surface area (Å²) in [6.45, 7) is 0. The highest BCUT2D eigenvalue weighted by molar-refractivity contribution is 6.91. The first-order chi connectivity index (χ1) is 15.8. The largest absolute Gasteiger partial charge is 0.395 e. The van der Waals surface area contributed by atoms with E-state index in [9.17, 15) is 105 Å². The van der Waals surface area contributed by atoms with Crippen LogP contribution in [0.5, 0.6) is 0 Å². The maximum absolute atomic E-state index is 14.8. The first-order valence-electron chi connectivity index (χ1n) is 8.08. The van der Waals surface area contributed by atoms with E-state index < -0.39 is 78.8 Å². The van der Waals surface area contributed by atoms with Gasteiger partial charge in [-0.3, -0.25) is 17.6 Å². The average Bonchev–Trinajstić information content (AvgIpc) is 2.62. The lowest BCUT2D eigenvalue weighted by molar-refractivity contribution is -0.310. The average molecular weight is 615 g/mol. The van der Waals surface area contributed by atoms with Gasteiger partial charge in [0.25, 0.3) is 0 Å². The Kier molecular flexibility index (Phi) is 8.84. The Labute approximate surface area is 185 Å². The van der Waals surface area contributed by atoms with Gasteiger partial charge in [-0.1, -0.05) is 0 Å². The van der Waals surface area contributed by atoms with Crippen LogP contribution in [-0.2, 0) is 0 Å². The molecular formula is C12H4BF24-. The zero-order chi connectivity index (χ0) is 30.8. The van der Waals surface area contributed by atoms with E-state index >= 15 is 0 Å². The second-order valence-corrected chi connectivity index (χ2v) is 7.13. The van der Waals surface area contributed by atoms with Gasteiger partial charge in [0.1, 0.15) is 22.3 Å². The maximum Gasteiger partial charge on any atom is 0.395 e. The van der Waals surface area contributed by atoms with E-state index in [2.05, 4.69) is 0 Å². The van der Waals surface area contributed by atoms with E-state index in [1.165, 1.54) is 0 Å². The lowest BCUT2D eigenvalue weighted by Gasteiger charge is -2.66. The lowest BCUT2D eigenvalue weighted by Crippen LogP contribution is -3.00. The number of hydrogen-bond donors (Lipinski definition) is 0. The van der Waals surface area contributed by atoms with Crippen LogP contribution >= 0.6 is 0 Å². The van der Waals surface area contributed by atoms with Gasteiger partial charge in [-0.25, -0.2) is 35.1 Å². The summed E-state index contributed by atoms with van der Waals surface area (Å²) >= 11 is 0. The number of alkyl halides is 24. The van der Waals surface area contributed by atoms with Gasteiger partial charge in [0.2, 0.25) is 31.8 Å². The summed E-state index contributed by atoms with van der Waals surface area (Å²) in [7, 11) is 0. The van der Waals surface area contributed by atoms with E-state index in [4.69, 9.17) is 0 Å². The fourth-order valence-corrected chi connectivity index (χ4v) is 4.07. The predicted octanol–water partition coefficient (Wildman–Crippen LogP) is 7.73. The van der Waals surface area contributed by atoms with E-state index in [1.54, 1.807) is 0 Å². The van der Waals surface area contributed by atoms with Crippen LogP contribution in [0.2, 0.25) is 0 Å². The number of hydrogen-bond acceptors (Lipinski definition) is 0. The highest BCUT2D eigenvalue weighted by Gasteiger charge is 3.01. The van der Waals surface area contributed by atoms with Gasteiger partial charge in [-0.15, -0.1) is 0 Å². The van der Waals surface area contributed by atoms with Crippen molar-refractivity contribution in [3.63, 3.8) is 0 Å². The lowest BCUT2D eigenvalue weighted by atomic mass is 8.99. The summed E-state index contributed by atoms with van der Waals surface area (Å²) in [5.41, 5.74) is -37.9. The Hall–Kier alpha value is -1.62. The third kappa shape index (κ3) is 4.05. The van der Waals surface area contributed by atoms with Crippen LogP contribution < -0.4 is 0 Å². The minimum Gasteiger partial charge on any atom is -0.271 e. The molecule has 0 aromatic rings. The van der Waals surface area contributed by atoms with E-state index in [1.807, 2.05) is 0 Å². The molecule has 0 N–H and O–H groups in total. The minimum absolute atomic E-state index is 7.48. The van der Waals surface area contributed by atoms with Gasteiger partial charge in [0.15, 0.2) is 0 Å². The Morgan fingerprint density at radius 2 is 0.378 bits per heavy atom. The molecule has 0 aromatic carbocycles. The SMILES string of the molecule is FC(F)C(F)([B-](C(F)(C(F)F)C(F)(F)F)(C(F)(C(F)F)C(F)(F)F)C(F)(C(F)F)C(F)(F)F)C(F)(F)F. The van der Waals surface area contributed by atoms with E-state index in [0.29, 0.717) is 0 Å². The highest BCUT2D eigenvalue weighted by atomic mass is 19.4. The Balaban J connectivity index is 9.73. The zero-order valence-electron chi connectivity index (χ0n) is 16.0. The van der Waals surface area contributed by atoms with Crippen molar-refractivity contribution < 1.29 is 105 Å². The molecule has 0 aliphatic carbocycles. The molecule has 4 unspecified atom stereocenters. The van der Waals surface area contributed by atoms with Gasteiger partial charge in [-0.2, -0.15) is 52.7 Å². The highest BCUT2D eigenvalue weighted by Crippen LogP contribution is 2.71. The number of rotatable bonds is 8. The smallest absolute Gasteiger partial charge is 0.271 e. The third-order valence-electron chi connectivity index (χ3n) is 5.53. The van der Waals surface area contributed by atoms with Crippen LogP contribution in [0.3, 0.4) is 0 Å². The molecule has 224 valence electrons. The molecular weight excluding hydrogens is 611 g/mol. The molecule has 0 aliphatic heterocycles. The van der Waals surface area contributed by atoms with Crippen molar-refractivity contribution in [2.24, 2.45) is 0 Å². The van der Waals surface area contributed by atoms with Crippen molar-refractivity contribution >= 4 is 6.15 Å². The second-order valence-electron chi connectivity index (χ2n) is 7.13. The van der Waals surface area contributed by atoms with Crippen molar-refractivity contribution in [3.05, 3.63) is 0 Å². The molecule has 0 spiro atoms. The summed E-state index contributed by atoms with van der Waals surface area (Å²) in [4.78, 5) is 0. The van der Waals surface area contributed by atoms with Gasteiger partial charge in [-0.05, 0) is 0 Å². The van der Waals surface area contributed by atoms with Gasteiger partial charge >= 0.3 is 24.7 Å². The maximum atomic E-state index is 14.8. The van der Waals surface area contributed by atoms with Crippen molar-refractivity contribution in [1.29, 1.82) is 0 Å². The van der Waals surface area contributed by atoms with Crippen LogP contribution in [-0.4, -0.2) is 78.8 Å². The van der Waals surface area contributed by atoms with Gasteiger partial charge in [0.05, 0.1) is 0 Å². The molecule has 0 radical (unpaired) electrons. The fourth-order valence-electron chi connectivity index (χ4n) is 4.07. The Morgan fingerprint density at radius 3 is 0.432 bits per heavy atom. The predicted molar refractivity (Wildman–Crippen MR) is 69.3 cm³/mol. The van der Waals surface area contributed by atoms with Crippen molar-refractivity contribution in [2.75, 3.05) is 0 Å². The first-order valence-corrected chi connectivity index (χ1v) is 8.08. The third-order valence-corrected chi connectivity index (χ3v) is 5.53. The fraction of sp³-hybridized carbons (Fsp3) is 1.00. The summed E-state index contributed by atoms with van der Waals surface area (Å²) in [5, 5.41) is 0. The molecule has 0 bridgehead atoms.